The Morgan fingerprint density at radius 1 is 1.05 bits per heavy atom. The molecule has 0 atom stereocenters. The minimum atomic E-state index is -0.0484. The largest absolute Gasteiger partial charge is 0.294 e. The summed E-state index contributed by atoms with van der Waals surface area (Å²) in [5.41, 5.74) is 1.39. The van der Waals surface area contributed by atoms with Gasteiger partial charge in [-0.05, 0) is 17.9 Å². The van der Waals surface area contributed by atoms with Gasteiger partial charge >= 0.3 is 0 Å². The fourth-order valence-electron chi connectivity index (χ4n) is 2.35. The molecule has 1 aliphatic carbocycles. The summed E-state index contributed by atoms with van der Waals surface area (Å²) in [6, 6.07) is 1.74. The van der Waals surface area contributed by atoms with Crippen LogP contribution in [0.2, 0.25) is 0 Å². The average molecular weight is 254 g/mol. The number of carbonyl (C=O) groups excluding carboxylic acids is 1. The Balaban J connectivity index is 2.07. The second-order valence-electron chi connectivity index (χ2n) is 5.57. The first kappa shape index (κ1) is 11.9. The van der Waals surface area contributed by atoms with Gasteiger partial charge in [-0.15, -0.1) is 0 Å². The van der Waals surface area contributed by atoms with Crippen LogP contribution in [0.25, 0.3) is 11.6 Å². The number of rotatable bonds is 1. The molecule has 3 rings (SSSR count). The van der Waals surface area contributed by atoms with Gasteiger partial charge in [0.1, 0.15) is 0 Å². The van der Waals surface area contributed by atoms with Crippen LogP contribution >= 0.6 is 0 Å². The lowest BCUT2D eigenvalue weighted by atomic mass is 9.76. The average Bonchev–Trinajstić information content (AvgIpc) is 2.37. The Kier molecular flexibility index (Phi) is 2.62. The highest BCUT2D eigenvalue weighted by atomic mass is 16.1. The zero-order valence-corrected chi connectivity index (χ0v) is 10.9. The van der Waals surface area contributed by atoms with Crippen LogP contribution in [0.15, 0.2) is 24.7 Å². The molecule has 0 bridgehead atoms. The first-order valence-corrected chi connectivity index (χ1v) is 6.22. The van der Waals surface area contributed by atoms with Gasteiger partial charge in [0.05, 0.1) is 11.3 Å². The maximum absolute atomic E-state index is 12.0. The molecular formula is C14H14N4O. The topological polar surface area (TPSA) is 68.6 Å². The van der Waals surface area contributed by atoms with Crippen LogP contribution in [0.3, 0.4) is 0 Å². The van der Waals surface area contributed by atoms with Gasteiger partial charge in [-0.1, -0.05) is 13.8 Å². The summed E-state index contributed by atoms with van der Waals surface area (Å²) in [6.45, 7) is 4.16. The SMILES string of the molecule is CC1(C)CC(=O)c2cnc(-c3ncccn3)nc2C1. The number of Topliss-reactive ketones (excluding diaryl/α,β-unsaturated/α-hetero) is 1. The van der Waals surface area contributed by atoms with Gasteiger partial charge in [0.25, 0.3) is 0 Å². The molecule has 0 spiro atoms. The van der Waals surface area contributed by atoms with E-state index in [2.05, 4.69) is 33.8 Å². The molecule has 5 heteroatoms. The summed E-state index contributed by atoms with van der Waals surface area (Å²) in [5, 5.41) is 0. The van der Waals surface area contributed by atoms with E-state index in [4.69, 9.17) is 0 Å². The molecule has 0 radical (unpaired) electrons. The highest BCUT2D eigenvalue weighted by Gasteiger charge is 2.32. The lowest BCUT2D eigenvalue weighted by Crippen LogP contribution is -2.28. The summed E-state index contributed by atoms with van der Waals surface area (Å²) in [7, 11) is 0. The van der Waals surface area contributed by atoms with Crippen molar-refractivity contribution in [2.45, 2.75) is 26.7 Å². The molecular weight excluding hydrogens is 240 g/mol. The van der Waals surface area contributed by atoms with Gasteiger partial charge in [-0.25, -0.2) is 19.9 Å². The fourth-order valence-corrected chi connectivity index (χ4v) is 2.35. The van der Waals surface area contributed by atoms with Crippen molar-refractivity contribution in [1.82, 2.24) is 19.9 Å². The zero-order valence-electron chi connectivity index (χ0n) is 10.9. The number of aromatic nitrogens is 4. The summed E-state index contributed by atoms with van der Waals surface area (Å²) in [6.07, 6.45) is 6.23. The highest BCUT2D eigenvalue weighted by Crippen LogP contribution is 2.33. The van der Waals surface area contributed by atoms with Crippen molar-refractivity contribution in [3.8, 4) is 11.6 Å². The number of carbonyl (C=O) groups is 1. The van der Waals surface area contributed by atoms with E-state index in [1.54, 1.807) is 24.7 Å². The van der Waals surface area contributed by atoms with Gasteiger partial charge in [-0.2, -0.15) is 0 Å². The van der Waals surface area contributed by atoms with Crippen molar-refractivity contribution < 1.29 is 4.79 Å². The van der Waals surface area contributed by atoms with Crippen LogP contribution in [0, 0.1) is 5.41 Å². The molecule has 2 heterocycles. The molecule has 2 aromatic rings. The van der Waals surface area contributed by atoms with Gasteiger partial charge in [0.15, 0.2) is 17.4 Å². The van der Waals surface area contributed by atoms with Crippen LogP contribution in [-0.4, -0.2) is 25.7 Å². The van der Waals surface area contributed by atoms with Gasteiger partial charge < -0.3 is 0 Å². The lowest BCUT2D eigenvalue weighted by molar-refractivity contribution is 0.0910. The molecule has 0 aliphatic heterocycles. The number of ketones is 1. The van der Waals surface area contributed by atoms with Crippen LogP contribution in [0.1, 0.15) is 36.3 Å². The Morgan fingerprint density at radius 2 is 1.79 bits per heavy atom. The van der Waals surface area contributed by atoms with Gasteiger partial charge in [0, 0.05) is 25.0 Å². The third kappa shape index (κ3) is 2.23. The molecule has 0 N–H and O–H groups in total. The third-order valence-corrected chi connectivity index (χ3v) is 3.22. The first-order chi connectivity index (χ1) is 9.05. The minimum absolute atomic E-state index is 0.0484. The number of nitrogens with zero attached hydrogens (tertiary/aromatic N) is 4. The van der Waals surface area contributed by atoms with Crippen molar-refractivity contribution in [2.24, 2.45) is 5.41 Å². The molecule has 0 aromatic carbocycles. The fraction of sp³-hybridized carbons (Fsp3) is 0.357. The van der Waals surface area contributed by atoms with Crippen molar-refractivity contribution in [1.29, 1.82) is 0 Å². The van der Waals surface area contributed by atoms with E-state index >= 15 is 0 Å². The second kappa shape index (κ2) is 4.19. The number of fused-ring (bicyclic) bond motifs is 1. The molecule has 0 amide bonds. The Labute approximate surface area is 111 Å². The molecule has 2 aromatic heterocycles. The number of hydrogen-bond donors (Lipinski definition) is 0. The molecule has 0 fully saturated rings. The standard InChI is InChI=1S/C14H14N4O/c1-14(2)6-10-9(11(19)7-14)8-17-13(18-10)12-15-4-3-5-16-12/h3-5,8H,6-7H2,1-2H3. The Hall–Kier alpha value is -2.17. The van der Waals surface area contributed by atoms with Gasteiger partial charge in [0.2, 0.25) is 0 Å². The van der Waals surface area contributed by atoms with E-state index in [0.29, 0.717) is 23.6 Å². The predicted molar refractivity (Wildman–Crippen MR) is 69.5 cm³/mol. The summed E-state index contributed by atoms with van der Waals surface area (Å²) < 4.78 is 0. The maximum atomic E-state index is 12.0. The maximum Gasteiger partial charge on any atom is 0.197 e. The summed E-state index contributed by atoms with van der Waals surface area (Å²) >= 11 is 0. The minimum Gasteiger partial charge on any atom is -0.294 e. The lowest BCUT2D eigenvalue weighted by Gasteiger charge is -2.29. The Bertz CT molecular complexity index is 637. The van der Waals surface area contributed by atoms with Crippen molar-refractivity contribution >= 4 is 5.78 Å². The van der Waals surface area contributed by atoms with E-state index in [9.17, 15) is 4.79 Å². The third-order valence-electron chi connectivity index (χ3n) is 3.22. The van der Waals surface area contributed by atoms with E-state index in [0.717, 1.165) is 12.1 Å². The molecule has 0 saturated heterocycles. The zero-order chi connectivity index (χ0) is 13.5. The molecule has 0 saturated carbocycles. The smallest absolute Gasteiger partial charge is 0.197 e. The summed E-state index contributed by atoms with van der Waals surface area (Å²) in [4.78, 5) is 29.0. The molecule has 0 unspecified atom stereocenters. The monoisotopic (exact) mass is 254 g/mol. The molecule has 1 aliphatic rings. The van der Waals surface area contributed by atoms with Crippen LogP contribution in [0.4, 0.5) is 0 Å². The van der Waals surface area contributed by atoms with E-state index < -0.39 is 0 Å². The van der Waals surface area contributed by atoms with Crippen LogP contribution < -0.4 is 0 Å². The van der Waals surface area contributed by atoms with Crippen molar-refractivity contribution in [3.05, 3.63) is 35.9 Å². The van der Waals surface area contributed by atoms with Crippen LogP contribution in [-0.2, 0) is 6.42 Å². The van der Waals surface area contributed by atoms with E-state index in [-0.39, 0.29) is 11.2 Å². The van der Waals surface area contributed by atoms with E-state index in [1.807, 2.05) is 0 Å². The second-order valence-corrected chi connectivity index (χ2v) is 5.57. The van der Waals surface area contributed by atoms with Gasteiger partial charge in [-0.3, -0.25) is 4.79 Å². The highest BCUT2D eigenvalue weighted by molar-refractivity contribution is 5.98. The summed E-state index contributed by atoms with van der Waals surface area (Å²) in [5.74, 6) is 1.08. The predicted octanol–water partition coefficient (Wildman–Crippen LogP) is 2.09. The first-order valence-electron chi connectivity index (χ1n) is 6.22. The quantitative estimate of drug-likeness (QED) is 0.779. The molecule has 96 valence electrons. The van der Waals surface area contributed by atoms with Crippen LogP contribution in [0.5, 0.6) is 0 Å². The molecule has 5 nitrogen and oxygen atoms in total. The normalized spacial score (nSPS) is 17.1. The van der Waals surface area contributed by atoms with Crippen molar-refractivity contribution in [2.75, 3.05) is 0 Å². The van der Waals surface area contributed by atoms with Crippen molar-refractivity contribution in [3.63, 3.8) is 0 Å². The Morgan fingerprint density at radius 3 is 2.53 bits per heavy atom. The number of hydrogen-bond acceptors (Lipinski definition) is 5. The molecule has 19 heavy (non-hydrogen) atoms. The van der Waals surface area contributed by atoms with E-state index in [1.165, 1.54) is 0 Å².